The van der Waals surface area contributed by atoms with Crippen molar-refractivity contribution in [3.05, 3.63) is 59.7 Å². The minimum absolute atomic E-state index is 0.0420. The lowest BCUT2D eigenvalue weighted by molar-refractivity contribution is -0.275. The standard InChI is InChI=1S/C26H33F3N2O3/c27-26(28,29)34-24-17-21(9-10-23(24)33-19-20-7-3-1-4-8-20)22(31-15-13-30-14-16-31)18-25(32)11-5-2-6-12-25/h1,3-4,7-10,17,22,30,32H,2,5-6,11-16,18-19H2. The van der Waals surface area contributed by atoms with Crippen LogP contribution in [-0.4, -0.2) is 48.1 Å². The minimum Gasteiger partial charge on any atom is -0.485 e. The van der Waals surface area contributed by atoms with Crippen LogP contribution < -0.4 is 14.8 Å². The van der Waals surface area contributed by atoms with E-state index < -0.39 is 12.0 Å². The highest BCUT2D eigenvalue weighted by atomic mass is 19.4. The van der Waals surface area contributed by atoms with Crippen molar-refractivity contribution in [2.75, 3.05) is 26.2 Å². The molecule has 1 unspecified atom stereocenters. The summed E-state index contributed by atoms with van der Waals surface area (Å²) in [5, 5.41) is 14.6. The number of hydrogen-bond donors (Lipinski definition) is 2. The number of halogens is 3. The molecule has 186 valence electrons. The van der Waals surface area contributed by atoms with Gasteiger partial charge in [0.2, 0.25) is 0 Å². The van der Waals surface area contributed by atoms with Crippen LogP contribution in [0.5, 0.6) is 11.5 Å². The van der Waals surface area contributed by atoms with Crippen LogP contribution in [0.2, 0.25) is 0 Å². The fourth-order valence-corrected chi connectivity index (χ4v) is 5.02. The minimum atomic E-state index is -4.84. The second-order valence-corrected chi connectivity index (χ2v) is 9.32. The third-order valence-corrected chi connectivity index (χ3v) is 6.77. The van der Waals surface area contributed by atoms with Crippen LogP contribution in [0.1, 0.15) is 55.7 Å². The summed E-state index contributed by atoms with van der Waals surface area (Å²) in [5.74, 6) is -0.308. The van der Waals surface area contributed by atoms with E-state index in [2.05, 4.69) is 15.0 Å². The van der Waals surface area contributed by atoms with Crippen LogP contribution in [0.25, 0.3) is 0 Å². The van der Waals surface area contributed by atoms with Gasteiger partial charge in [0, 0.05) is 32.2 Å². The third-order valence-electron chi connectivity index (χ3n) is 6.77. The molecule has 2 fully saturated rings. The Morgan fingerprint density at radius 3 is 2.35 bits per heavy atom. The molecule has 4 rings (SSSR count). The van der Waals surface area contributed by atoms with E-state index in [-0.39, 0.29) is 24.1 Å². The molecule has 1 atom stereocenters. The van der Waals surface area contributed by atoms with Crippen LogP contribution in [-0.2, 0) is 6.61 Å². The summed E-state index contributed by atoms with van der Waals surface area (Å²) in [7, 11) is 0. The maximum Gasteiger partial charge on any atom is 0.573 e. The number of piperazine rings is 1. The molecule has 1 heterocycles. The average molecular weight is 479 g/mol. The highest BCUT2D eigenvalue weighted by Gasteiger charge is 2.37. The summed E-state index contributed by atoms with van der Waals surface area (Å²) in [6, 6.07) is 13.9. The van der Waals surface area contributed by atoms with Crippen molar-refractivity contribution >= 4 is 0 Å². The Kier molecular flexibility index (Phi) is 8.01. The van der Waals surface area contributed by atoms with E-state index in [1.165, 1.54) is 6.07 Å². The van der Waals surface area contributed by atoms with Crippen molar-refractivity contribution in [1.29, 1.82) is 0 Å². The second kappa shape index (κ2) is 11.0. The van der Waals surface area contributed by atoms with E-state index >= 15 is 0 Å². The predicted molar refractivity (Wildman–Crippen MR) is 124 cm³/mol. The summed E-state index contributed by atoms with van der Waals surface area (Å²) in [4.78, 5) is 2.25. The number of alkyl halides is 3. The molecule has 5 nitrogen and oxygen atoms in total. The number of benzene rings is 2. The summed E-state index contributed by atoms with van der Waals surface area (Å²) < 4.78 is 49.9. The highest BCUT2D eigenvalue weighted by molar-refractivity contribution is 5.44. The zero-order chi connectivity index (χ0) is 24.0. The molecule has 1 aliphatic carbocycles. The summed E-state index contributed by atoms with van der Waals surface area (Å²) >= 11 is 0. The topological polar surface area (TPSA) is 54.0 Å². The molecule has 1 saturated carbocycles. The Hall–Kier alpha value is -2.29. The first-order valence-corrected chi connectivity index (χ1v) is 12.0. The summed E-state index contributed by atoms with van der Waals surface area (Å²) in [6.45, 7) is 3.28. The van der Waals surface area contributed by atoms with Gasteiger partial charge in [-0.05, 0) is 42.5 Å². The average Bonchev–Trinajstić information content (AvgIpc) is 2.82. The Bertz CT molecular complexity index is 911. The van der Waals surface area contributed by atoms with Gasteiger partial charge in [0.15, 0.2) is 11.5 Å². The Balaban J connectivity index is 1.62. The molecule has 34 heavy (non-hydrogen) atoms. The number of aliphatic hydroxyl groups is 1. The zero-order valence-electron chi connectivity index (χ0n) is 19.3. The van der Waals surface area contributed by atoms with Crippen LogP contribution in [0.4, 0.5) is 13.2 Å². The van der Waals surface area contributed by atoms with Crippen LogP contribution >= 0.6 is 0 Å². The Labute approximate surface area is 198 Å². The number of ether oxygens (including phenoxy) is 2. The van der Waals surface area contributed by atoms with E-state index in [1.807, 2.05) is 36.4 Å². The fraction of sp³-hybridized carbons (Fsp3) is 0.538. The normalized spacial score (nSPS) is 20.0. The lowest BCUT2D eigenvalue weighted by Gasteiger charge is -2.41. The van der Waals surface area contributed by atoms with Gasteiger partial charge in [-0.25, -0.2) is 0 Å². The van der Waals surface area contributed by atoms with Gasteiger partial charge in [0.1, 0.15) is 6.61 Å². The lowest BCUT2D eigenvalue weighted by Crippen LogP contribution is -2.47. The van der Waals surface area contributed by atoms with Crippen LogP contribution in [0.3, 0.4) is 0 Å². The molecule has 2 N–H and O–H groups in total. The first kappa shape index (κ1) is 24.8. The molecular weight excluding hydrogens is 445 g/mol. The largest absolute Gasteiger partial charge is 0.573 e. The third kappa shape index (κ3) is 6.87. The van der Waals surface area contributed by atoms with Crippen molar-refractivity contribution < 1.29 is 27.8 Å². The molecule has 0 amide bonds. The molecule has 2 aliphatic rings. The monoisotopic (exact) mass is 478 g/mol. The first-order valence-electron chi connectivity index (χ1n) is 12.0. The predicted octanol–water partition coefficient (Wildman–Crippen LogP) is 5.20. The highest BCUT2D eigenvalue weighted by Crippen LogP contribution is 2.41. The quantitative estimate of drug-likeness (QED) is 0.547. The van der Waals surface area contributed by atoms with Gasteiger partial charge >= 0.3 is 6.36 Å². The smallest absolute Gasteiger partial charge is 0.485 e. The SMILES string of the molecule is OC1(CC(c2ccc(OCc3ccccc3)c(OC(F)(F)F)c2)N2CCNCC2)CCCCC1. The van der Waals surface area contributed by atoms with E-state index in [4.69, 9.17) is 4.74 Å². The van der Waals surface area contributed by atoms with Gasteiger partial charge in [0.25, 0.3) is 0 Å². The van der Waals surface area contributed by atoms with Crippen molar-refractivity contribution in [3.63, 3.8) is 0 Å². The fourth-order valence-electron chi connectivity index (χ4n) is 5.02. The second-order valence-electron chi connectivity index (χ2n) is 9.32. The van der Waals surface area contributed by atoms with Crippen LogP contribution in [0.15, 0.2) is 48.5 Å². The van der Waals surface area contributed by atoms with Gasteiger partial charge in [-0.1, -0.05) is 55.7 Å². The van der Waals surface area contributed by atoms with E-state index in [1.54, 1.807) is 6.07 Å². The van der Waals surface area contributed by atoms with Gasteiger partial charge in [-0.15, -0.1) is 13.2 Å². The molecule has 0 radical (unpaired) electrons. The molecular formula is C26H33F3N2O3. The number of rotatable bonds is 8. The van der Waals surface area contributed by atoms with Crippen molar-refractivity contribution in [1.82, 2.24) is 10.2 Å². The Morgan fingerprint density at radius 2 is 1.68 bits per heavy atom. The molecule has 2 aromatic carbocycles. The van der Waals surface area contributed by atoms with Crippen molar-refractivity contribution in [2.24, 2.45) is 0 Å². The van der Waals surface area contributed by atoms with Crippen molar-refractivity contribution in [3.8, 4) is 11.5 Å². The number of hydrogen-bond acceptors (Lipinski definition) is 5. The molecule has 1 aliphatic heterocycles. The maximum absolute atomic E-state index is 13.3. The number of nitrogens with one attached hydrogen (secondary N) is 1. The summed E-state index contributed by atoms with van der Waals surface area (Å²) in [6.07, 6.45) is 0.147. The van der Waals surface area contributed by atoms with Gasteiger partial charge in [0.05, 0.1) is 5.60 Å². The molecule has 8 heteroatoms. The molecule has 0 spiro atoms. The first-order chi connectivity index (χ1) is 16.3. The molecule has 2 aromatic rings. The number of nitrogens with zero attached hydrogens (tertiary/aromatic N) is 1. The molecule has 1 saturated heterocycles. The summed E-state index contributed by atoms with van der Waals surface area (Å²) in [5.41, 5.74) is 0.747. The molecule has 0 bridgehead atoms. The Morgan fingerprint density at radius 1 is 0.971 bits per heavy atom. The lowest BCUT2D eigenvalue weighted by atomic mass is 9.78. The van der Waals surface area contributed by atoms with E-state index in [9.17, 15) is 18.3 Å². The van der Waals surface area contributed by atoms with Gasteiger partial charge < -0.3 is 19.9 Å². The van der Waals surface area contributed by atoms with E-state index in [0.29, 0.717) is 12.0 Å². The van der Waals surface area contributed by atoms with Gasteiger partial charge in [-0.3, -0.25) is 4.90 Å². The molecule has 0 aromatic heterocycles. The van der Waals surface area contributed by atoms with Crippen molar-refractivity contribution in [2.45, 2.75) is 63.1 Å². The maximum atomic E-state index is 13.3. The van der Waals surface area contributed by atoms with Crippen LogP contribution in [0, 0.1) is 0 Å². The van der Waals surface area contributed by atoms with Gasteiger partial charge in [-0.2, -0.15) is 0 Å². The zero-order valence-corrected chi connectivity index (χ0v) is 19.3. The van der Waals surface area contributed by atoms with E-state index in [0.717, 1.165) is 63.8 Å².